The number of fused-ring (bicyclic) bond motifs is 1. The molecule has 0 saturated carbocycles. The average molecular weight is 504 g/mol. The summed E-state index contributed by atoms with van der Waals surface area (Å²) >= 11 is 0. The summed E-state index contributed by atoms with van der Waals surface area (Å²) in [6, 6.07) is 9.78. The third-order valence-electron chi connectivity index (χ3n) is 6.33. The van der Waals surface area contributed by atoms with E-state index in [1.54, 1.807) is 39.6 Å². The van der Waals surface area contributed by atoms with Crippen LogP contribution in [-0.4, -0.2) is 82.0 Å². The predicted octanol–water partition coefficient (Wildman–Crippen LogP) is 3.50. The van der Waals surface area contributed by atoms with Gasteiger partial charge < -0.3 is 19.2 Å². The Kier molecular flexibility index (Phi) is 7.35. The molecule has 1 fully saturated rings. The Hall–Kier alpha value is -3.93. The van der Waals surface area contributed by atoms with Gasteiger partial charge in [-0.25, -0.2) is 19.7 Å². The van der Waals surface area contributed by atoms with Crippen LogP contribution in [0.5, 0.6) is 0 Å². The van der Waals surface area contributed by atoms with Crippen molar-refractivity contribution in [2.45, 2.75) is 25.7 Å². The Balaban J connectivity index is 1.43. The number of carbonyl (C=O) groups excluding carboxylic acids is 1. The number of aromatic amines is 1. The minimum absolute atomic E-state index is 0.0623. The smallest absolute Gasteiger partial charge is 0.413 e. The minimum Gasteiger partial charge on any atom is -0.450 e. The van der Waals surface area contributed by atoms with Crippen LogP contribution in [0.1, 0.15) is 12.6 Å². The van der Waals surface area contributed by atoms with Crippen LogP contribution in [0.4, 0.5) is 10.7 Å². The highest BCUT2D eigenvalue weighted by Gasteiger charge is 2.32. The Morgan fingerprint density at radius 1 is 1.08 bits per heavy atom. The first-order valence-corrected chi connectivity index (χ1v) is 12.1. The van der Waals surface area contributed by atoms with Crippen LogP contribution in [0.3, 0.4) is 0 Å². The largest absolute Gasteiger partial charge is 0.450 e. The summed E-state index contributed by atoms with van der Waals surface area (Å²) in [7, 11) is 3.43. The van der Waals surface area contributed by atoms with Crippen LogP contribution < -0.4 is 5.32 Å². The minimum atomic E-state index is -0.578. The van der Waals surface area contributed by atoms with E-state index in [1.807, 2.05) is 30.5 Å². The van der Waals surface area contributed by atoms with Crippen molar-refractivity contribution in [3.05, 3.63) is 54.6 Å². The molecule has 0 bridgehead atoms. The molecule has 1 aliphatic heterocycles. The zero-order valence-electron chi connectivity index (χ0n) is 21.0. The monoisotopic (exact) mass is 503 g/mol. The molecule has 2 atom stereocenters. The SMILES string of the molecule is CCOC(=O)Nc1nc2c(-c3ncccn3)cc(-c3ccc(CN4C[C@@H](OC)[C@H](OC)C4)nc3)cc2[nH]1. The van der Waals surface area contributed by atoms with E-state index in [4.69, 9.17) is 19.2 Å². The van der Waals surface area contributed by atoms with E-state index in [1.165, 1.54) is 0 Å². The number of hydrogen-bond acceptors (Lipinski definition) is 9. The highest BCUT2D eigenvalue weighted by molar-refractivity contribution is 5.96. The number of imidazole rings is 1. The van der Waals surface area contributed by atoms with Gasteiger partial charge in [0.15, 0.2) is 5.82 Å². The Morgan fingerprint density at radius 3 is 2.49 bits per heavy atom. The molecule has 5 rings (SSSR count). The summed E-state index contributed by atoms with van der Waals surface area (Å²) < 4.78 is 16.1. The molecule has 0 unspecified atom stereocenters. The fourth-order valence-corrected chi connectivity index (χ4v) is 4.53. The fraction of sp³-hybridized carbons (Fsp3) is 0.346. The molecule has 37 heavy (non-hydrogen) atoms. The highest BCUT2D eigenvalue weighted by atomic mass is 16.5. The lowest BCUT2D eigenvalue weighted by Gasteiger charge is -2.14. The molecule has 0 aliphatic carbocycles. The second-order valence-electron chi connectivity index (χ2n) is 8.70. The molecule has 1 amide bonds. The molecule has 11 nitrogen and oxygen atoms in total. The molecule has 192 valence electrons. The number of ether oxygens (including phenoxy) is 3. The number of hydrogen-bond donors (Lipinski definition) is 2. The normalized spacial score (nSPS) is 17.8. The van der Waals surface area contributed by atoms with Crippen LogP contribution in [0.15, 0.2) is 48.9 Å². The second-order valence-corrected chi connectivity index (χ2v) is 8.70. The van der Waals surface area contributed by atoms with Gasteiger partial charge in [-0.15, -0.1) is 0 Å². The van der Waals surface area contributed by atoms with Gasteiger partial charge in [-0.3, -0.25) is 15.2 Å². The van der Waals surface area contributed by atoms with Crippen LogP contribution in [0, 0.1) is 0 Å². The summed E-state index contributed by atoms with van der Waals surface area (Å²) in [5, 5.41) is 2.62. The molecular weight excluding hydrogens is 474 g/mol. The van der Waals surface area contributed by atoms with Crippen molar-refractivity contribution >= 4 is 23.1 Å². The number of carbonyl (C=O) groups is 1. The van der Waals surface area contributed by atoms with Crippen molar-refractivity contribution in [1.29, 1.82) is 0 Å². The molecule has 1 aliphatic rings. The molecule has 3 aromatic heterocycles. The maximum absolute atomic E-state index is 11.9. The summed E-state index contributed by atoms with van der Waals surface area (Å²) in [5.74, 6) is 0.813. The number of nitrogens with zero attached hydrogens (tertiary/aromatic N) is 5. The second kappa shape index (κ2) is 11.0. The number of methoxy groups -OCH3 is 2. The first-order chi connectivity index (χ1) is 18.1. The first kappa shape index (κ1) is 24.8. The quantitative estimate of drug-likeness (QED) is 0.371. The lowest BCUT2D eigenvalue weighted by molar-refractivity contribution is -0.00461. The van der Waals surface area contributed by atoms with E-state index >= 15 is 0 Å². The van der Waals surface area contributed by atoms with Gasteiger partial charge in [0, 0.05) is 63.6 Å². The van der Waals surface area contributed by atoms with Crippen molar-refractivity contribution in [1.82, 2.24) is 29.8 Å². The fourth-order valence-electron chi connectivity index (χ4n) is 4.53. The van der Waals surface area contributed by atoms with E-state index < -0.39 is 6.09 Å². The number of aromatic nitrogens is 5. The lowest BCUT2D eigenvalue weighted by Crippen LogP contribution is -2.27. The van der Waals surface area contributed by atoms with Gasteiger partial charge in [0.2, 0.25) is 5.95 Å². The van der Waals surface area contributed by atoms with Crippen molar-refractivity contribution in [3.63, 3.8) is 0 Å². The van der Waals surface area contributed by atoms with Crippen molar-refractivity contribution in [2.24, 2.45) is 0 Å². The molecule has 1 aromatic carbocycles. The Morgan fingerprint density at radius 2 is 1.84 bits per heavy atom. The van der Waals surface area contributed by atoms with E-state index in [0.717, 1.165) is 41.0 Å². The van der Waals surface area contributed by atoms with Crippen LogP contribution >= 0.6 is 0 Å². The number of amides is 1. The molecule has 2 N–H and O–H groups in total. The van der Waals surface area contributed by atoms with Gasteiger partial charge in [0.25, 0.3) is 0 Å². The van der Waals surface area contributed by atoms with E-state index in [0.29, 0.717) is 17.9 Å². The molecule has 0 radical (unpaired) electrons. The van der Waals surface area contributed by atoms with Gasteiger partial charge in [-0.2, -0.15) is 0 Å². The van der Waals surface area contributed by atoms with Crippen LogP contribution in [0.2, 0.25) is 0 Å². The summed E-state index contributed by atoms with van der Waals surface area (Å²) in [5.41, 5.74) is 4.91. The van der Waals surface area contributed by atoms with Crippen molar-refractivity contribution in [3.8, 4) is 22.5 Å². The highest BCUT2D eigenvalue weighted by Crippen LogP contribution is 2.32. The van der Waals surface area contributed by atoms with Gasteiger partial charge in [0.1, 0.15) is 5.52 Å². The van der Waals surface area contributed by atoms with E-state index in [9.17, 15) is 4.79 Å². The topological polar surface area (TPSA) is 127 Å². The van der Waals surface area contributed by atoms with Crippen molar-refractivity contribution in [2.75, 3.05) is 39.2 Å². The van der Waals surface area contributed by atoms with Gasteiger partial charge in [-0.1, -0.05) is 6.07 Å². The lowest BCUT2D eigenvalue weighted by atomic mass is 10.0. The first-order valence-electron chi connectivity index (χ1n) is 12.1. The molecule has 4 aromatic rings. The van der Waals surface area contributed by atoms with Gasteiger partial charge in [0.05, 0.1) is 30.0 Å². The number of rotatable bonds is 8. The zero-order chi connectivity index (χ0) is 25.8. The van der Waals surface area contributed by atoms with E-state index in [-0.39, 0.29) is 24.8 Å². The number of benzene rings is 1. The third-order valence-corrected chi connectivity index (χ3v) is 6.33. The Labute approximate surface area is 214 Å². The maximum Gasteiger partial charge on any atom is 0.413 e. The number of pyridine rings is 1. The number of H-pyrrole nitrogens is 1. The summed E-state index contributed by atoms with van der Waals surface area (Å²) in [6.45, 7) is 4.33. The molecule has 4 heterocycles. The van der Waals surface area contributed by atoms with Gasteiger partial charge >= 0.3 is 6.09 Å². The maximum atomic E-state index is 11.9. The number of likely N-dealkylation sites (tertiary alicyclic amines) is 1. The molecule has 0 spiro atoms. The zero-order valence-corrected chi connectivity index (χ0v) is 21.0. The number of nitrogens with one attached hydrogen (secondary N) is 2. The predicted molar refractivity (Wildman–Crippen MR) is 138 cm³/mol. The average Bonchev–Trinajstić information content (AvgIpc) is 3.51. The summed E-state index contributed by atoms with van der Waals surface area (Å²) in [4.78, 5) is 35.4. The number of anilines is 1. The van der Waals surface area contributed by atoms with Crippen molar-refractivity contribution < 1.29 is 19.0 Å². The van der Waals surface area contributed by atoms with E-state index in [2.05, 4.69) is 30.2 Å². The standard InChI is InChI=1S/C26H29N7O4/c1-4-37-26(34)32-25-30-20-11-17(10-19(23(20)31-25)24-27-8-5-9-28-24)16-6-7-18(29-12-16)13-33-14-21(35-2)22(15-33)36-3/h5-12,21-22H,4,13-15H2,1-3H3,(H2,30,31,32,34)/t21-,22-/m1/s1. The van der Waals surface area contributed by atoms with Crippen LogP contribution in [-0.2, 0) is 20.8 Å². The third kappa shape index (κ3) is 5.43. The Bertz CT molecular complexity index is 1350. The molecular formula is C26H29N7O4. The van der Waals surface area contributed by atoms with Crippen LogP contribution in [0.25, 0.3) is 33.5 Å². The molecule has 1 saturated heterocycles. The molecule has 11 heteroatoms. The summed E-state index contributed by atoms with van der Waals surface area (Å²) in [6.07, 6.45) is 4.77. The van der Waals surface area contributed by atoms with Gasteiger partial charge in [-0.05, 0) is 36.8 Å².